The summed E-state index contributed by atoms with van der Waals surface area (Å²) in [5, 5.41) is 21.9. The van der Waals surface area contributed by atoms with E-state index in [2.05, 4.69) is 41.0 Å². The minimum Gasteiger partial charge on any atom is -0.391 e. The Morgan fingerprint density at radius 1 is 0.738 bits per heavy atom. The molecule has 0 unspecified atom stereocenters. The van der Waals surface area contributed by atoms with E-state index in [1.165, 1.54) is 0 Å². The zero-order valence-corrected chi connectivity index (χ0v) is 24.9. The maximum atomic E-state index is 13.6. The van der Waals surface area contributed by atoms with Crippen LogP contribution in [0.4, 0.5) is 0 Å². The Balaban J connectivity index is 1.41. The molecule has 6 heteroatoms. The summed E-state index contributed by atoms with van der Waals surface area (Å²) in [7, 11) is 0. The number of aliphatic hydroxyl groups is 1. The number of benzene rings is 5. The minimum absolute atomic E-state index is 0.188. The first kappa shape index (κ1) is 29.4. The molecule has 2 amide bonds. The molecule has 5 rings (SSSR count). The lowest BCUT2D eigenvalue weighted by Gasteiger charge is -2.26. The zero-order valence-electron chi connectivity index (χ0n) is 24.1. The Hall–Kier alpha value is -4.13. The van der Waals surface area contributed by atoms with Gasteiger partial charge >= 0.3 is 0 Å². The lowest BCUT2D eigenvalue weighted by atomic mass is 9.96. The largest absolute Gasteiger partial charge is 0.391 e. The average Bonchev–Trinajstić information content (AvgIpc) is 2.98. The number of amides is 2. The van der Waals surface area contributed by atoms with Crippen molar-refractivity contribution in [2.24, 2.45) is 0 Å². The van der Waals surface area contributed by atoms with E-state index >= 15 is 0 Å². The van der Waals surface area contributed by atoms with E-state index in [1.54, 1.807) is 17.8 Å². The Morgan fingerprint density at radius 2 is 1.38 bits per heavy atom. The van der Waals surface area contributed by atoms with E-state index in [9.17, 15) is 14.7 Å². The SMILES string of the molecule is CC(C)(C)NC(=O)c1ccccc1C[C@@H](O)[C@H](CSc1ccc2ccccc2c1)NC(=O)c1cccc2ccccc12. The van der Waals surface area contributed by atoms with Crippen LogP contribution >= 0.6 is 11.8 Å². The van der Waals surface area contributed by atoms with Crippen molar-refractivity contribution in [2.75, 3.05) is 5.75 Å². The second-order valence-corrected chi connectivity index (χ2v) is 12.7. The van der Waals surface area contributed by atoms with Gasteiger partial charge in [0.2, 0.25) is 0 Å². The molecule has 0 fully saturated rings. The highest BCUT2D eigenvalue weighted by atomic mass is 32.2. The number of carbonyl (C=O) groups is 2. The standard InChI is InChI=1S/C36H36N2O3S/c1-36(2,3)38-35(41)30-17-9-7-14-27(30)22-33(39)32(23-42-28-20-19-24-11-4-5-13-26(24)21-28)37-34(40)31-18-10-15-25-12-6-8-16-29(25)31/h4-21,32-33,39H,22-23H2,1-3H3,(H,37,40)(H,38,41)/t32-,33+/m0/s1. The van der Waals surface area contributed by atoms with Crippen LogP contribution in [-0.2, 0) is 6.42 Å². The molecular weight excluding hydrogens is 540 g/mol. The Morgan fingerprint density at radius 3 is 2.17 bits per heavy atom. The van der Waals surface area contributed by atoms with Crippen molar-refractivity contribution in [3.8, 4) is 0 Å². The van der Waals surface area contributed by atoms with Crippen molar-refractivity contribution in [3.05, 3.63) is 126 Å². The third kappa shape index (κ3) is 7.19. The van der Waals surface area contributed by atoms with Crippen molar-refractivity contribution >= 4 is 45.1 Å². The summed E-state index contributed by atoms with van der Waals surface area (Å²) < 4.78 is 0. The molecule has 42 heavy (non-hydrogen) atoms. The number of hydrogen-bond donors (Lipinski definition) is 3. The van der Waals surface area contributed by atoms with E-state index in [-0.39, 0.29) is 18.2 Å². The third-order valence-corrected chi connectivity index (χ3v) is 8.26. The van der Waals surface area contributed by atoms with Crippen molar-refractivity contribution in [2.45, 2.75) is 49.8 Å². The van der Waals surface area contributed by atoms with E-state index in [0.717, 1.165) is 32.0 Å². The molecule has 0 heterocycles. The van der Waals surface area contributed by atoms with Gasteiger partial charge in [-0.1, -0.05) is 84.9 Å². The van der Waals surface area contributed by atoms with E-state index in [0.29, 0.717) is 16.9 Å². The summed E-state index contributed by atoms with van der Waals surface area (Å²) in [4.78, 5) is 27.8. The molecular formula is C36H36N2O3S. The summed E-state index contributed by atoms with van der Waals surface area (Å²) in [6.07, 6.45) is -0.715. The predicted octanol–water partition coefficient (Wildman–Crippen LogP) is 7.02. The quantitative estimate of drug-likeness (QED) is 0.165. The Kier molecular flexibility index (Phi) is 8.95. The van der Waals surface area contributed by atoms with Gasteiger partial charge in [0.05, 0.1) is 12.1 Å². The van der Waals surface area contributed by atoms with E-state index in [4.69, 9.17) is 0 Å². The molecule has 0 saturated heterocycles. The number of rotatable bonds is 9. The first-order valence-electron chi connectivity index (χ1n) is 14.2. The second-order valence-electron chi connectivity index (χ2n) is 11.6. The monoisotopic (exact) mass is 576 g/mol. The lowest BCUT2D eigenvalue weighted by Crippen LogP contribution is -2.46. The van der Waals surface area contributed by atoms with Gasteiger partial charge in [-0.05, 0) is 72.1 Å². The topological polar surface area (TPSA) is 78.4 Å². The highest BCUT2D eigenvalue weighted by Gasteiger charge is 2.26. The van der Waals surface area contributed by atoms with Gasteiger partial charge < -0.3 is 15.7 Å². The highest BCUT2D eigenvalue weighted by molar-refractivity contribution is 7.99. The molecule has 0 bridgehead atoms. The predicted molar refractivity (Wildman–Crippen MR) is 173 cm³/mol. The van der Waals surface area contributed by atoms with Crippen LogP contribution in [0.1, 0.15) is 47.1 Å². The summed E-state index contributed by atoms with van der Waals surface area (Å²) >= 11 is 1.59. The molecule has 0 aromatic heterocycles. The first-order valence-corrected chi connectivity index (χ1v) is 15.2. The highest BCUT2D eigenvalue weighted by Crippen LogP contribution is 2.26. The molecule has 0 aliphatic rings. The van der Waals surface area contributed by atoms with Crippen LogP contribution < -0.4 is 10.6 Å². The maximum absolute atomic E-state index is 13.6. The molecule has 0 aliphatic carbocycles. The fourth-order valence-corrected chi connectivity index (χ4v) is 6.11. The zero-order chi connectivity index (χ0) is 29.7. The number of fused-ring (bicyclic) bond motifs is 2. The summed E-state index contributed by atoms with van der Waals surface area (Å²) in [5.41, 5.74) is 1.42. The minimum atomic E-state index is -0.930. The molecule has 0 radical (unpaired) electrons. The number of carbonyl (C=O) groups excluding carboxylic acids is 2. The van der Waals surface area contributed by atoms with Gasteiger partial charge in [-0.3, -0.25) is 9.59 Å². The third-order valence-electron chi connectivity index (χ3n) is 7.15. The normalized spacial score (nSPS) is 13.0. The van der Waals surface area contributed by atoms with Crippen LogP contribution in [0, 0.1) is 0 Å². The van der Waals surface area contributed by atoms with Crippen LogP contribution in [0.5, 0.6) is 0 Å². The van der Waals surface area contributed by atoms with Crippen molar-refractivity contribution in [1.29, 1.82) is 0 Å². The van der Waals surface area contributed by atoms with Gasteiger partial charge in [-0.2, -0.15) is 0 Å². The maximum Gasteiger partial charge on any atom is 0.252 e. The number of thioether (sulfide) groups is 1. The van der Waals surface area contributed by atoms with Crippen LogP contribution in [0.2, 0.25) is 0 Å². The van der Waals surface area contributed by atoms with Crippen LogP contribution in [0.15, 0.2) is 114 Å². The van der Waals surface area contributed by atoms with Gasteiger partial charge in [0.25, 0.3) is 11.8 Å². The van der Waals surface area contributed by atoms with Crippen molar-refractivity contribution in [3.63, 3.8) is 0 Å². The molecule has 2 atom stereocenters. The number of nitrogens with one attached hydrogen (secondary N) is 2. The van der Waals surface area contributed by atoms with Crippen molar-refractivity contribution in [1.82, 2.24) is 10.6 Å². The fourth-order valence-electron chi connectivity index (χ4n) is 5.06. The fraction of sp³-hybridized carbons (Fsp3) is 0.222. The Labute approximate surface area is 251 Å². The lowest BCUT2D eigenvalue weighted by molar-refractivity contribution is 0.0851. The first-order chi connectivity index (χ1) is 20.2. The number of hydrogen-bond acceptors (Lipinski definition) is 4. The summed E-state index contributed by atoms with van der Waals surface area (Å²) in [5.74, 6) is 0.0210. The van der Waals surface area contributed by atoms with Gasteiger partial charge in [0.1, 0.15) is 0 Å². The smallest absolute Gasteiger partial charge is 0.252 e. The molecule has 0 spiro atoms. The molecule has 5 nitrogen and oxygen atoms in total. The van der Waals surface area contributed by atoms with Gasteiger partial charge in [0, 0.05) is 33.7 Å². The van der Waals surface area contributed by atoms with Gasteiger partial charge in [0.15, 0.2) is 0 Å². The molecule has 5 aromatic rings. The van der Waals surface area contributed by atoms with E-state index in [1.807, 2.05) is 93.6 Å². The summed E-state index contributed by atoms with van der Waals surface area (Å²) in [6, 6.07) is 34.7. The average molecular weight is 577 g/mol. The molecule has 0 aliphatic heterocycles. The Bertz CT molecular complexity index is 1720. The molecule has 214 valence electrons. The van der Waals surface area contributed by atoms with Crippen LogP contribution in [-0.4, -0.2) is 40.4 Å². The molecule has 5 aromatic carbocycles. The van der Waals surface area contributed by atoms with Gasteiger partial charge in [-0.15, -0.1) is 11.8 Å². The van der Waals surface area contributed by atoms with Crippen LogP contribution in [0.25, 0.3) is 21.5 Å². The van der Waals surface area contributed by atoms with Gasteiger partial charge in [-0.25, -0.2) is 0 Å². The van der Waals surface area contributed by atoms with Crippen molar-refractivity contribution < 1.29 is 14.7 Å². The van der Waals surface area contributed by atoms with E-state index < -0.39 is 17.7 Å². The molecule has 3 N–H and O–H groups in total. The number of aliphatic hydroxyl groups excluding tert-OH is 1. The molecule has 0 saturated carbocycles. The van der Waals surface area contributed by atoms with Crippen LogP contribution in [0.3, 0.4) is 0 Å². The summed E-state index contributed by atoms with van der Waals surface area (Å²) in [6.45, 7) is 5.81. The second kappa shape index (κ2) is 12.8.